The number of aromatic nitrogens is 3. The number of anilines is 1. The van der Waals surface area contributed by atoms with Crippen molar-refractivity contribution in [2.24, 2.45) is 0 Å². The standard InChI is InChI=1S/C36H38N6O5S/c43-25-27-9-11-28(12-10-27)32-22-31(24-41-18-20-42(21-19-41)36-38-16-3-17-39-36)46-35(47-32)30-13-7-26(8-14-30)23-40-48(44,45)33-6-1-4-29-5-2-15-37-34(29)33/h1-17,31-32,35,40,43H,18-25H2/t31-,32+,35?/m0/s1. The number of aliphatic hydroxyl groups is 1. The molecule has 2 N–H and O–H groups in total. The number of para-hydroxylation sites is 1. The summed E-state index contributed by atoms with van der Waals surface area (Å²) in [5.41, 5.74) is 3.98. The Bertz CT molecular complexity index is 1920. The van der Waals surface area contributed by atoms with Gasteiger partial charge in [0.15, 0.2) is 6.29 Å². The van der Waals surface area contributed by atoms with Gasteiger partial charge in [-0.1, -0.05) is 66.7 Å². The SMILES string of the molecule is O=S(=O)(NCc1ccc(C2O[C@H](CN3CCN(c4ncccn4)CC3)C[C@H](c3ccc(CO)cc3)O2)cc1)c1cccc2cccnc12. The summed E-state index contributed by atoms with van der Waals surface area (Å²) in [6.07, 6.45) is 4.96. The van der Waals surface area contributed by atoms with Crippen LogP contribution in [0.5, 0.6) is 0 Å². The second-order valence-electron chi connectivity index (χ2n) is 12.1. The van der Waals surface area contributed by atoms with Gasteiger partial charge in [0, 0.05) is 75.2 Å². The maximum Gasteiger partial charge on any atom is 0.243 e. The lowest BCUT2D eigenvalue weighted by molar-refractivity contribution is -0.253. The van der Waals surface area contributed by atoms with Crippen LogP contribution in [0.25, 0.3) is 10.9 Å². The van der Waals surface area contributed by atoms with Crippen molar-refractivity contribution < 1.29 is 23.0 Å². The van der Waals surface area contributed by atoms with Gasteiger partial charge < -0.3 is 19.5 Å². The van der Waals surface area contributed by atoms with E-state index in [0.717, 1.165) is 66.3 Å². The number of piperazine rings is 1. The molecule has 2 aliphatic rings. The minimum absolute atomic E-state index is 0.0124. The van der Waals surface area contributed by atoms with Gasteiger partial charge in [-0.05, 0) is 34.9 Å². The molecule has 0 bridgehead atoms. The first-order valence-corrected chi connectivity index (χ1v) is 17.6. The van der Waals surface area contributed by atoms with Crippen LogP contribution in [0, 0.1) is 0 Å². The van der Waals surface area contributed by atoms with Gasteiger partial charge in [-0.2, -0.15) is 0 Å². The van der Waals surface area contributed by atoms with Gasteiger partial charge in [0.25, 0.3) is 0 Å². The summed E-state index contributed by atoms with van der Waals surface area (Å²) < 4.78 is 42.3. The van der Waals surface area contributed by atoms with E-state index in [1.165, 1.54) is 0 Å². The molecule has 0 aliphatic carbocycles. The highest BCUT2D eigenvalue weighted by atomic mass is 32.2. The van der Waals surface area contributed by atoms with E-state index in [4.69, 9.17) is 9.47 Å². The van der Waals surface area contributed by atoms with Gasteiger partial charge in [-0.15, -0.1) is 0 Å². The molecule has 0 amide bonds. The number of hydrogen-bond donors (Lipinski definition) is 2. The lowest BCUT2D eigenvalue weighted by Gasteiger charge is -2.40. The Balaban J connectivity index is 1.03. The van der Waals surface area contributed by atoms with Crippen molar-refractivity contribution in [3.8, 4) is 0 Å². The zero-order valence-corrected chi connectivity index (χ0v) is 27.2. The Labute approximate surface area is 280 Å². The molecule has 2 aromatic heterocycles. The molecule has 0 spiro atoms. The minimum Gasteiger partial charge on any atom is -0.392 e. The number of nitrogens with zero attached hydrogens (tertiary/aromatic N) is 5. The summed E-state index contributed by atoms with van der Waals surface area (Å²) in [6.45, 7) is 4.30. The zero-order chi connectivity index (χ0) is 32.9. The van der Waals surface area contributed by atoms with Crippen LogP contribution in [0.15, 0.2) is 108 Å². The fourth-order valence-corrected chi connectivity index (χ4v) is 7.44. The Hall–Kier alpha value is -4.30. The van der Waals surface area contributed by atoms with Crippen LogP contribution >= 0.6 is 0 Å². The fourth-order valence-electron chi connectivity index (χ4n) is 6.25. The van der Waals surface area contributed by atoms with E-state index in [9.17, 15) is 13.5 Å². The van der Waals surface area contributed by atoms with E-state index in [1.54, 1.807) is 36.8 Å². The fraction of sp³-hybridized carbons (Fsp3) is 0.306. The lowest BCUT2D eigenvalue weighted by atomic mass is 9.99. The number of sulfonamides is 1. The normalized spacial score (nSPS) is 20.6. The molecule has 248 valence electrons. The molecule has 2 fully saturated rings. The molecule has 7 rings (SSSR count). The first-order chi connectivity index (χ1) is 23.4. The molecule has 3 atom stereocenters. The van der Waals surface area contributed by atoms with E-state index in [0.29, 0.717) is 11.9 Å². The Morgan fingerprint density at radius 3 is 2.21 bits per heavy atom. The van der Waals surface area contributed by atoms with Crippen molar-refractivity contribution in [1.29, 1.82) is 0 Å². The molecule has 2 aliphatic heterocycles. The first kappa shape index (κ1) is 32.3. The second-order valence-corrected chi connectivity index (χ2v) is 13.8. The van der Waals surface area contributed by atoms with Crippen molar-refractivity contribution in [2.45, 2.75) is 43.0 Å². The highest BCUT2D eigenvalue weighted by molar-refractivity contribution is 7.89. The van der Waals surface area contributed by atoms with Crippen LogP contribution in [0.4, 0.5) is 5.95 Å². The Morgan fingerprint density at radius 2 is 1.46 bits per heavy atom. The molecule has 4 heterocycles. The molecule has 3 aromatic carbocycles. The number of rotatable bonds is 10. The maximum atomic E-state index is 13.2. The topological polar surface area (TPSA) is 130 Å². The van der Waals surface area contributed by atoms with E-state index < -0.39 is 16.3 Å². The van der Waals surface area contributed by atoms with Crippen molar-refractivity contribution in [3.63, 3.8) is 0 Å². The highest BCUT2D eigenvalue weighted by Gasteiger charge is 2.34. The molecule has 48 heavy (non-hydrogen) atoms. The van der Waals surface area contributed by atoms with Gasteiger partial charge in [-0.25, -0.2) is 23.1 Å². The average Bonchev–Trinajstić information content (AvgIpc) is 3.14. The van der Waals surface area contributed by atoms with Crippen LogP contribution < -0.4 is 9.62 Å². The van der Waals surface area contributed by atoms with Crippen LogP contribution in [-0.2, 0) is 32.6 Å². The molecule has 5 aromatic rings. The monoisotopic (exact) mass is 666 g/mol. The Morgan fingerprint density at radius 1 is 0.771 bits per heavy atom. The predicted octanol–water partition coefficient (Wildman–Crippen LogP) is 4.36. The van der Waals surface area contributed by atoms with Crippen LogP contribution in [-0.4, -0.2) is 72.2 Å². The lowest BCUT2D eigenvalue weighted by Crippen LogP contribution is -2.50. The van der Waals surface area contributed by atoms with E-state index >= 15 is 0 Å². The van der Waals surface area contributed by atoms with Crippen LogP contribution in [0.1, 0.15) is 41.1 Å². The van der Waals surface area contributed by atoms with Crippen molar-refractivity contribution >= 4 is 26.9 Å². The summed E-state index contributed by atoms with van der Waals surface area (Å²) >= 11 is 0. The van der Waals surface area contributed by atoms with E-state index in [2.05, 4.69) is 29.5 Å². The predicted molar refractivity (Wildman–Crippen MR) is 181 cm³/mol. The summed E-state index contributed by atoms with van der Waals surface area (Å²) in [5, 5.41) is 10.3. The number of benzene rings is 3. The molecule has 0 radical (unpaired) electrons. The number of fused-ring (bicyclic) bond motifs is 1. The quantitative estimate of drug-likeness (QED) is 0.222. The van der Waals surface area contributed by atoms with Crippen molar-refractivity contribution in [3.05, 3.63) is 126 Å². The zero-order valence-electron chi connectivity index (χ0n) is 26.4. The molecule has 11 nitrogen and oxygen atoms in total. The van der Waals surface area contributed by atoms with Gasteiger partial charge in [0.1, 0.15) is 4.90 Å². The summed E-state index contributed by atoms with van der Waals surface area (Å²) in [4.78, 5) is 17.9. The third kappa shape index (κ3) is 7.39. The molecule has 0 saturated carbocycles. The molecule has 1 unspecified atom stereocenters. The third-order valence-electron chi connectivity index (χ3n) is 8.89. The summed E-state index contributed by atoms with van der Waals surface area (Å²) in [6, 6.07) is 26.1. The largest absolute Gasteiger partial charge is 0.392 e. The molecular weight excluding hydrogens is 629 g/mol. The highest BCUT2D eigenvalue weighted by Crippen LogP contribution is 2.38. The Kier molecular flexibility index (Phi) is 9.71. The second kappa shape index (κ2) is 14.4. The summed E-state index contributed by atoms with van der Waals surface area (Å²) in [7, 11) is -3.79. The number of nitrogens with one attached hydrogen (secondary N) is 1. The first-order valence-electron chi connectivity index (χ1n) is 16.1. The smallest absolute Gasteiger partial charge is 0.243 e. The third-order valence-corrected chi connectivity index (χ3v) is 10.3. The summed E-state index contributed by atoms with van der Waals surface area (Å²) in [5.74, 6) is 0.757. The van der Waals surface area contributed by atoms with Gasteiger partial charge in [-0.3, -0.25) is 9.88 Å². The maximum absolute atomic E-state index is 13.2. The number of aliphatic hydroxyl groups excluding tert-OH is 1. The number of pyridine rings is 1. The van der Waals surface area contributed by atoms with Crippen LogP contribution in [0.3, 0.4) is 0 Å². The van der Waals surface area contributed by atoms with E-state index in [1.807, 2.05) is 66.7 Å². The molecule has 12 heteroatoms. The van der Waals surface area contributed by atoms with Crippen LogP contribution in [0.2, 0.25) is 0 Å². The van der Waals surface area contributed by atoms with Gasteiger partial charge in [0.2, 0.25) is 16.0 Å². The molecule has 2 saturated heterocycles. The van der Waals surface area contributed by atoms with Crippen molar-refractivity contribution in [2.75, 3.05) is 37.6 Å². The molecular formula is C36H38N6O5S. The van der Waals surface area contributed by atoms with Gasteiger partial charge >= 0.3 is 0 Å². The van der Waals surface area contributed by atoms with Crippen molar-refractivity contribution in [1.82, 2.24) is 24.6 Å². The number of ether oxygens (including phenoxy) is 2. The average molecular weight is 667 g/mol. The minimum atomic E-state index is -3.79. The van der Waals surface area contributed by atoms with E-state index in [-0.39, 0.29) is 30.3 Å². The number of hydrogen-bond acceptors (Lipinski definition) is 10. The van der Waals surface area contributed by atoms with Gasteiger partial charge in [0.05, 0.1) is 24.3 Å².